The van der Waals surface area contributed by atoms with Gasteiger partial charge in [0.05, 0.1) is 15.5 Å². The largest absolute Gasteiger partial charge is 0.508 e. The SMILES string of the molecule is Cc1cc(S(=O)(=O)c2ccc(O)c(N)c2)ccc1O. The van der Waals surface area contributed by atoms with Gasteiger partial charge in [-0.15, -0.1) is 0 Å². The summed E-state index contributed by atoms with van der Waals surface area (Å²) < 4.78 is 24.7. The number of anilines is 1. The quantitative estimate of drug-likeness (QED) is 0.575. The van der Waals surface area contributed by atoms with E-state index in [0.29, 0.717) is 5.56 Å². The molecule has 0 aliphatic rings. The number of benzene rings is 2. The van der Waals surface area contributed by atoms with E-state index in [1.54, 1.807) is 6.92 Å². The Hall–Kier alpha value is -2.21. The average Bonchev–Trinajstić information content (AvgIpc) is 2.35. The summed E-state index contributed by atoms with van der Waals surface area (Å²) in [6.07, 6.45) is 0. The minimum absolute atomic E-state index is 0.00317. The smallest absolute Gasteiger partial charge is 0.206 e. The molecule has 0 aliphatic heterocycles. The van der Waals surface area contributed by atoms with Gasteiger partial charge < -0.3 is 15.9 Å². The van der Waals surface area contributed by atoms with E-state index >= 15 is 0 Å². The molecular formula is C13H13NO4S. The molecule has 19 heavy (non-hydrogen) atoms. The number of aromatic hydroxyl groups is 2. The summed E-state index contributed by atoms with van der Waals surface area (Å²) in [5.41, 5.74) is 5.96. The summed E-state index contributed by atoms with van der Waals surface area (Å²) in [5.74, 6) is -0.134. The van der Waals surface area contributed by atoms with Crippen LogP contribution in [0.2, 0.25) is 0 Å². The zero-order valence-electron chi connectivity index (χ0n) is 10.2. The molecule has 2 rings (SSSR count). The third-order valence-corrected chi connectivity index (χ3v) is 4.54. The van der Waals surface area contributed by atoms with Crippen molar-refractivity contribution in [2.75, 3.05) is 5.73 Å². The lowest BCUT2D eigenvalue weighted by atomic mass is 10.2. The van der Waals surface area contributed by atoms with Crippen LogP contribution in [0.4, 0.5) is 5.69 Å². The Morgan fingerprint density at radius 1 is 0.947 bits per heavy atom. The highest BCUT2D eigenvalue weighted by molar-refractivity contribution is 7.91. The molecule has 0 saturated carbocycles. The summed E-state index contributed by atoms with van der Waals surface area (Å²) >= 11 is 0. The topological polar surface area (TPSA) is 101 Å². The van der Waals surface area contributed by atoms with Crippen LogP contribution >= 0.6 is 0 Å². The third kappa shape index (κ3) is 2.34. The Bertz CT molecular complexity index is 681. The second-order valence-electron chi connectivity index (χ2n) is 4.17. The number of aryl methyl sites for hydroxylation is 1. The molecule has 0 atom stereocenters. The molecule has 0 amide bonds. The molecule has 0 aliphatic carbocycles. The van der Waals surface area contributed by atoms with Crippen LogP contribution in [0.3, 0.4) is 0 Å². The van der Waals surface area contributed by atoms with Crippen molar-refractivity contribution in [1.29, 1.82) is 0 Å². The molecule has 0 radical (unpaired) electrons. The van der Waals surface area contributed by atoms with Gasteiger partial charge in [0.1, 0.15) is 11.5 Å². The van der Waals surface area contributed by atoms with Gasteiger partial charge in [-0.05, 0) is 48.9 Å². The van der Waals surface area contributed by atoms with Crippen LogP contribution in [0.25, 0.3) is 0 Å². The fourth-order valence-corrected chi connectivity index (χ4v) is 3.01. The monoisotopic (exact) mass is 279 g/mol. The summed E-state index contributed by atoms with van der Waals surface area (Å²) in [6, 6.07) is 7.74. The zero-order chi connectivity index (χ0) is 14.2. The van der Waals surface area contributed by atoms with Gasteiger partial charge in [0.2, 0.25) is 9.84 Å². The normalized spacial score (nSPS) is 11.4. The van der Waals surface area contributed by atoms with Crippen molar-refractivity contribution in [2.45, 2.75) is 16.7 Å². The molecule has 0 saturated heterocycles. The predicted octanol–water partition coefficient (Wildman–Crippen LogP) is 1.82. The summed E-state index contributed by atoms with van der Waals surface area (Å²) in [5, 5.41) is 18.7. The molecule has 5 nitrogen and oxygen atoms in total. The predicted molar refractivity (Wildman–Crippen MR) is 70.8 cm³/mol. The molecule has 100 valence electrons. The molecule has 0 unspecified atom stereocenters. The molecule has 2 aromatic rings. The highest BCUT2D eigenvalue weighted by atomic mass is 32.2. The van der Waals surface area contributed by atoms with E-state index in [9.17, 15) is 18.6 Å². The number of nitrogens with two attached hydrogens (primary N) is 1. The van der Waals surface area contributed by atoms with Crippen LogP contribution in [0.15, 0.2) is 46.2 Å². The van der Waals surface area contributed by atoms with Crippen molar-refractivity contribution in [3.8, 4) is 11.5 Å². The minimum atomic E-state index is -3.72. The first-order valence-electron chi connectivity index (χ1n) is 5.45. The summed E-state index contributed by atoms with van der Waals surface area (Å²) in [4.78, 5) is 0.0563. The van der Waals surface area contributed by atoms with Gasteiger partial charge in [-0.25, -0.2) is 8.42 Å². The van der Waals surface area contributed by atoms with Gasteiger partial charge in [0.15, 0.2) is 0 Å². The number of nitrogen functional groups attached to an aromatic ring is 1. The highest BCUT2D eigenvalue weighted by Crippen LogP contribution is 2.29. The lowest BCUT2D eigenvalue weighted by molar-refractivity contribution is 0.470. The maximum absolute atomic E-state index is 12.3. The average molecular weight is 279 g/mol. The van der Waals surface area contributed by atoms with Crippen molar-refractivity contribution in [2.24, 2.45) is 0 Å². The Balaban J connectivity index is 2.58. The van der Waals surface area contributed by atoms with Gasteiger partial charge in [-0.1, -0.05) is 0 Å². The first-order valence-corrected chi connectivity index (χ1v) is 6.94. The van der Waals surface area contributed by atoms with Gasteiger partial charge in [-0.2, -0.15) is 0 Å². The molecule has 0 fully saturated rings. The Morgan fingerprint density at radius 3 is 2.00 bits per heavy atom. The molecule has 0 aromatic heterocycles. The van der Waals surface area contributed by atoms with Crippen molar-refractivity contribution < 1.29 is 18.6 Å². The van der Waals surface area contributed by atoms with Crippen molar-refractivity contribution in [3.05, 3.63) is 42.0 Å². The number of hydrogen-bond acceptors (Lipinski definition) is 5. The zero-order valence-corrected chi connectivity index (χ0v) is 11.0. The highest BCUT2D eigenvalue weighted by Gasteiger charge is 2.19. The number of phenolic OH excluding ortho intramolecular Hbond substituents is 2. The van der Waals surface area contributed by atoms with Crippen LogP contribution in [0.5, 0.6) is 11.5 Å². The van der Waals surface area contributed by atoms with E-state index in [4.69, 9.17) is 5.73 Å². The van der Waals surface area contributed by atoms with E-state index in [2.05, 4.69) is 0 Å². The number of sulfone groups is 1. The van der Waals surface area contributed by atoms with Crippen LogP contribution in [-0.4, -0.2) is 18.6 Å². The van der Waals surface area contributed by atoms with Gasteiger partial charge in [0.25, 0.3) is 0 Å². The second kappa shape index (κ2) is 4.47. The van der Waals surface area contributed by atoms with Crippen LogP contribution in [-0.2, 0) is 9.84 Å². The Morgan fingerprint density at radius 2 is 1.47 bits per heavy atom. The lowest BCUT2D eigenvalue weighted by Crippen LogP contribution is -2.03. The molecule has 6 heteroatoms. The Kier molecular flexibility index (Phi) is 3.11. The minimum Gasteiger partial charge on any atom is -0.508 e. The van der Waals surface area contributed by atoms with Crippen LogP contribution < -0.4 is 5.73 Å². The molecule has 0 bridgehead atoms. The second-order valence-corrected chi connectivity index (χ2v) is 6.12. The van der Waals surface area contributed by atoms with E-state index in [1.165, 1.54) is 36.4 Å². The molecule has 2 aromatic carbocycles. The fourth-order valence-electron chi connectivity index (χ4n) is 1.63. The standard InChI is InChI=1S/C13H13NO4S/c1-8-6-9(2-4-12(8)15)19(17,18)10-3-5-13(16)11(14)7-10/h2-7,15-16H,14H2,1H3. The summed E-state index contributed by atoms with van der Waals surface area (Å²) in [7, 11) is -3.72. The van der Waals surface area contributed by atoms with Gasteiger partial charge >= 0.3 is 0 Å². The molecule has 0 heterocycles. The molecule has 4 N–H and O–H groups in total. The van der Waals surface area contributed by atoms with E-state index in [0.717, 1.165) is 0 Å². The maximum atomic E-state index is 12.3. The van der Waals surface area contributed by atoms with E-state index in [-0.39, 0.29) is 27.0 Å². The van der Waals surface area contributed by atoms with Crippen LogP contribution in [0, 0.1) is 6.92 Å². The van der Waals surface area contributed by atoms with Crippen molar-refractivity contribution >= 4 is 15.5 Å². The van der Waals surface area contributed by atoms with Crippen molar-refractivity contribution in [1.82, 2.24) is 0 Å². The van der Waals surface area contributed by atoms with Gasteiger partial charge in [-0.3, -0.25) is 0 Å². The van der Waals surface area contributed by atoms with E-state index in [1.807, 2.05) is 0 Å². The Labute approximate surface area is 110 Å². The maximum Gasteiger partial charge on any atom is 0.206 e. The number of rotatable bonds is 2. The third-order valence-electron chi connectivity index (χ3n) is 2.79. The van der Waals surface area contributed by atoms with E-state index < -0.39 is 9.84 Å². The lowest BCUT2D eigenvalue weighted by Gasteiger charge is -2.08. The molecule has 0 spiro atoms. The number of hydrogen-bond donors (Lipinski definition) is 3. The fraction of sp³-hybridized carbons (Fsp3) is 0.0769. The molecular weight excluding hydrogens is 266 g/mol. The van der Waals surface area contributed by atoms with Crippen molar-refractivity contribution in [3.63, 3.8) is 0 Å². The van der Waals surface area contributed by atoms with Crippen LogP contribution in [0.1, 0.15) is 5.56 Å². The first kappa shape index (κ1) is 13.2. The van der Waals surface area contributed by atoms with Gasteiger partial charge in [0, 0.05) is 0 Å². The summed E-state index contributed by atoms with van der Waals surface area (Å²) in [6.45, 7) is 1.61. The number of phenols is 2. The first-order chi connectivity index (χ1) is 8.82.